The lowest BCUT2D eigenvalue weighted by Crippen LogP contribution is -2.37. The number of aryl methyl sites for hydroxylation is 1. The van der Waals surface area contributed by atoms with E-state index < -0.39 is 0 Å². The van der Waals surface area contributed by atoms with Crippen molar-refractivity contribution in [2.45, 2.75) is 32.6 Å². The number of hydrogen-bond acceptors (Lipinski definition) is 5. The number of hydrogen-bond donors (Lipinski definition) is 1. The van der Waals surface area contributed by atoms with Crippen LogP contribution in [-0.4, -0.2) is 72.6 Å². The fraction of sp³-hybridized carbons (Fsp3) is 0.722. The number of nitrogens with zero attached hydrogens (tertiary/aromatic N) is 5. The predicted molar refractivity (Wildman–Crippen MR) is 100 cm³/mol. The van der Waals surface area contributed by atoms with E-state index in [0.717, 1.165) is 37.6 Å². The smallest absolute Gasteiger partial charge is 0.324 e. The second kappa shape index (κ2) is 7.99. The van der Waals surface area contributed by atoms with E-state index in [1.165, 1.54) is 32.4 Å². The Balaban J connectivity index is 1.53. The Bertz CT molecular complexity index is 599. The van der Waals surface area contributed by atoms with E-state index in [0.29, 0.717) is 11.9 Å². The first-order chi connectivity index (χ1) is 12.0. The molecule has 1 atom stereocenters. The van der Waals surface area contributed by atoms with Crippen LogP contribution in [0, 0.1) is 12.8 Å². The Labute approximate surface area is 150 Å². The third-order valence-electron chi connectivity index (χ3n) is 5.06. The number of rotatable bonds is 4. The highest BCUT2D eigenvalue weighted by molar-refractivity contribution is 5.87. The van der Waals surface area contributed by atoms with Crippen molar-refractivity contribution >= 4 is 17.8 Å². The topological polar surface area (TPSA) is 64.6 Å². The Kier molecular flexibility index (Phi) is 5.73. The standard InChI is InChI=1S/C18H30N6O/c1-14-11-16(22(2)3)20-17(19-14)21-18(25)24-10-7-15(13-24)12-23-8-5-4-6-9-23/h11,15H,4-10,12-13H2,1-3H3,(H,19,20,21,25). The van der Waals surface area contributed by atoms with Crippen LogP contribution in [0.4, 0.5) is 16.6 Å². The Morgan fingerprint density at radius 1 is 1.24 bits per heavy atom. The summed E-state index contributed by atoms with van der Waals surface area (Å²) in [5.41, 5.74) is 0.846. The van der Waals surface area contributed by atoms with Crippen LogP contribution in [0.2, 0.25) is 0 Å². The molecule has 3 heterocycles. The Morgan fingerprint density at radius 3 is 2.72 bits per heavy atom. The molecule has 2 saturated heterocycles. The van der Waals surface area contributed by atoms with Crippen LogP contribution in [-0.2, 0) is 0 Å². The van der Waals surface area contributed by atoms with Gasteiger partial charge in [0.15, 0.2) is 0 Å². The molecule has 1 aromatic heterocycles. The van der Waals surface area contributed by atoms with Gasteiger partial charge in [0.2, 0.25) is 5.95 Å². The van der Waals surface area contributed by atoms with Crippen LogP contribution in [0.1, 0.15) is 31.4 Å². The predicted octanol–water partition coefficient (Wildman–Crippen LogP) is 2.19. The summed E-state index contributed by atoms with van der Waals surface area (Å²) >= 11 is 0. The zero-order chi connectivity index (χ0) is 17.8. The van der Waals surface area contributed by atoms with Crippen molar-refractivity contribution in [3.05, 3.63) is 11.8 Å². The first-order valence-electron chi connectivity index (χ1n) is 9.32. The van der Waals surface area contributed by atoms with E-state index in [2.05, 4.69) is 20.2 Å². The number of nitrogens with one attached hydrogen (secondary N) is 1. The highest BCUT2D eigenvalue weighted by Gasteiger charge is 2.28. The number of piperidine rings is 1. The van der Waals surface area contributed by atoms with Crippen LogP contribution in [0.15, 0.2) is 6.07 Å². The van der Waals surface area contributed by atoms with Gasteiger partial charge < -0.3 is 14.7 Å². The molecule has 7 nitrogen and oxygen atoms in total. The minimum atomic E-state index is -0.0866. The molecule has 0 spiro atoms. The fourth-order valence-electron chi connectivity index (χ4n) is 3.68. The second-order valence-corrected chi connectivity index (χ2v) is 7.48. The van der Waals surface area contributed by atoms with Gasteiger partial charge in [0.1, 0.15) is 5.82 Å². The SMILES string of the molecule is Cc1cc(N(C)C)nc(NC(=O)N2CCC(CN3CCCCC3)C2)n1. The molecule has 1 N–H and O–H groups in total. The summed E-state index contributed by atoms with van der Waals surface area (Å²) in [5.74, 6) is 1.76. The van der Waals surface area contributed by atoms with Crippen LogP contribution in [0.5, 0.6) is 0 Å². The van der Waals surface area contributed by atoms with Gasteiger partial charge in [-0.3, -0.25) is 5.32 Å². The Morgan fingerprint density at radius 2 is 2.00 bits per heavy atom. The van der Waals surface area contributed by atoms with Gasteiger partial charge in [-0.25, -0.2) is 9.78 Å². The molecule has 2 aliphatic rings. The zero-order valence-corrected chi connectivity index (χ0v) is 15.7. The monoisotopic (exact) mass is 346 g/mol. The van der Waals surface area contributed by atoms with Gasteiger partial charge >= 0.3 is 6.03 Å². The maximum absolute atomic E-state index is 12.6. The number of carbonyl (C=O) groups excluding carboxylic acids is 1. The number of aromatic nitrogens is 2. The molecule has 25 heavy (non-hydrogen) atoms. The normalized spacial score (nSPS) is 21.4. The molecule has 0 saturated carbocycles. The number of amides is 2. The quantitative estimate of drug-likeness (QED) is 0.905. The maximum atomic E-state index is 12.6. The number of carbonyl (C=O) groups is 1. The van der Waals surface area contributed by atoms with Crippen LogP contribution in [0.25, 0.3) is 0 Å². The van der Waals surface area contributed by atoms with E-state index in [1.807, 2.05) is 36.9 Å². The first-order valence-corrected chi connectivity index (χ1v) is 9.32. The maximum Gasteiger partial charge on any atom is 0.324 e. The van der Waals surface area contributed by atoms with Crippen molar-refractivity contribution in [2.24, 2.45) is 5.92 Å². The molecule has 2 fully saturated rings. The second-order valence-electron chi connectivity index (χ2n) is 7.48. The van der Waals surface area contributed by atoms with Crippen LogP contribution < -0.4 is 10.2 Å². The first kappa shape index (κ1) is 17.9. The molecule has 3 rings (SSSR count). The molecule has 0 radical (unpaired) electrons. The highest BCUT2D eigenvalue weighted by Crippen LogP contribution is 2.21. The summed E-state index contributed by atoms with van der Waals surface area (Å²) in [7, 11) is 3.86. The van der Waals surface area contributed by atoms with E-state index in [4.69, 9.17) is 0 Å². The van der Waals surface area contributed by atoms with Gasteiger partial charge in [-0.1, -0.05) is 6.42 Å². The molecule has 2 aliphatic heterocycles. The molecule has 1 aromatic rings. The van der Waals surface area contributed by atoms with Gasteiger partial charge in [0, 0.05) is 45.5 Å². The third kappa shape index (κ3) is 4.81. The van der Waals surface area contributed by atoms with Crippen molar-refractivity contribution in [2.75, 3.05) is 57.0 Å². The van der Waals surface area contributed by atoms with Gasteiger partial charge in [0.05, 0.1) is 0 Å². The van der Waals surface area contributed by atoms with Crippen molar-refractivity contribution < 1.29 is 4.79 Å². The highest BCUT2D eigenvalue weighted by atomic mass is 16.2. The lowest BCUT2D eigenvalue weighted by Gasteiger charge is -2.28. The summed E-state index contributed by atoms with van der Waals surface area (Å²) in [4.78, 5) is 27.7. The van der Waals surface area contributed by atoms with Crippen molar-refractivity contribution in [3.63, 3.8) is 0 Å². The number of urea groups is 1. The molecule has 138 valence electrons. The third-order valence-corrected chi connectivity index (χ3v) is 5.06. The average molecular weight is 346 g/mol. The molecule has 7 heteroatoms. The Hall–Kier alpha value is -1.89. The molecule has 2 amide bonds. The molecular formula is C18H30N6O. The van der Waals surface area contributed by atoms with E-state index in [1.54, 1.807) is 0 Å². The average Bonchev–Trinajstić information content (AvgIpc) is 3.04. The fourth-order valence-corrected chi connectivity index (χ4v) is 3.68. The van der Waals surface area contributed by atoms with Gasteiger partial charge in [-0.05, 0) is 45.2 Å². The molecule has 0 aliphatic carbocycles. The number of likely N-dealkylation sites (tertiary alicyclic amines) is 2. The summed E-state index contributed by atoms with van der Waals surface area (Å²) in [6.45, 7) is 7.11. The van der Waals surface area contributed by atoms with Crippen molar-refractivity contribution in [1.29, 1.82) is 0 Å². The van der Waals surface area contributed by atoms with E-state index in [-0.39, 0.29) is 6.03 Å². The summed E-state index contributed by atoms with van der Waals surface area (Å²) < 4.78 is 0. The van der Waals surface area contributed by atoms with Gasteiger partial charge in [0.25, 0.3) is 0 Å². The minimum Gasteiger partial charge on any atom is -0.363 e. The lowest BCUT2D eigenvalue weighted by molar-refractivity contribution is 0.192. The molecule has 0 aromatic carbocycles. The molecule has 0 bridgehead atoms. The minimum absolute atomic E-state index is 0.0866. The number of anilines is 2. The zero-order valence-electron chi connectivity index (χ0n) is 15.7. The van der Waals surface area contributed by atoms with Gasteiger partial charge in [-0.2, -0.15) is 4.98 Å². The van der Waals surface area contributed by atoms with Gasteiger partial charge in [-0.15, -0.1) is 0 Å². The van der Waals surface area contributed by atoms with Crippen LogP contribution in [0.3, 0.4) is 0 Å². The largest absolute Gasteiger partial charge is 0.363 e. The van der Waals surface area contributed by atoms with Crippen LogP contribution >= 0.6 is 0 Å². The lowest BCUT2D eigenvalue weighted by atomic mass is 10.1. The van der Waals surface area contributed by atoms with E-state index >= 15 is 0 Å². The molecule has 1 unspecified atom stereocenters. The van der Waals surface area contributed by atoms with Crippen molar-refractivity contribution in [1.82, 2.24) is 19.8 Å². The van der Waals surface area contributed by atoms with E-state index in [9.17, 15) is 4.79 Å². The molecular weight excluding hydrogens is 316 g/mol. The summed E-state index contributed by atoms with van der Waals surface area (Å²) in [6.07, 6.45) is 5.08. The van der Waals surface area contributed by atoms with Crippen molar-refractivity contribution in [3.8, 4) is 0 Å². The summed E-state index contributed by atoms with van der Waals surface area (Å²) in [5, 5.41) is 2.87. The summed E-state index contributed by atoms with van der Waals surface area (Å²) in [6, 6.07) is 1.82.